The van der Waals surface area contributed by atoms with Crippen molar-refractivity contribution in [2.24, 2.45) is 0 Å². The number of para-hydroxylation sites is 1. The average molecular weight is 530 g/mol. The van der Waals surface area contributed by atoms with Gasteiger partial charge in [-0.1, -0.05) is 77.8 Å². The highest BCUT2D eigenvalue weighted by molar-refractivity contribution is 6.40. The molecule has 5 rings (SSSR count). The molecule has 0 spiro atoms. The van der Waals surface area contributed by atoms with E-state index in [1.54, 1.807) is 78.9 Å². The lowest BCUT2D eigenvalue weighted by Crippen LogP contribution is -2.29. The molecule has 4 aromatic rings. The van der Waals surface area contributed by atoms with Crippen LogP contribution in [0.25, 0.3) is 0 Å². The number of ketones is 1. The van der Waals surface area contributed by atoms with Crippen molar-refractivity contribution in [3.05, 3.63) is 135 Å². The second-order valence-electron chi connectivity index (χ2n) is 8.22. The van der Waals surface area contributed by atoms with Gasteiger partial charge in [-0.2, -0.15) is 0 Å². The Kier molecular flexibility index (Phi) is 6.61. The molecular weight excluding hydrogens is 513 g/mol. The number of anilines is 1. The van der Waals surface area contributed by atoms with Crippen molar-refractivity contribution in [2.75, 3.05) is 4.90 Å². The van der Waals surface area contributed by atoms with Crippen molar-refractivity contribution < 1.29 is 23.9 Å². The van der Waals surface area contributed by atoms with E-state index in [0.717, 1.165) is 4.90 Å². The van der Waals surface area contributed by atoms with Crippen LogP contribution in [0.15, 0.2) is 97.1 Å². The quantitative estimate of drug-likeness (QED) is 0.160. The molecule has 0 aliphatic carbocycles. The number of ether oxygens (including phenoxy) is 1. The van der Waals surface area contributed by atoms with Gasteiger partial charge in [0.25, 0.3) is 11.8 Å². The Morgan fingerprint density at radius 1 is 0.703 bits per heavy atom. The van der Waals surface area contributed by atoms with Crippen molar-refractivity contribution >= 4 is 52.5 Å². The number of rotatable bonds is 6. The number of carbonyl (C=O) groups excluding carboxylic acids is 4. The van der Waals surface area contributed by atoms with Crippen LogP contribution in [-0.2, 0) is 4.74 Å². The number of halogens is 2. The van der Waals surface area contributed by atoms with Crippen molar-refractivity contribution in [1.82, 2.24) is 0 Å². The smallest absolute Gasteiger partial charge is 0.339 e. The number of carbonyl (C=O) groups is 4. The minimum atomic E-state index is -1.25. The predicted octanol–water partition coefficient (Wildman–Crippen LogP) is 6.58. The maximum atomic E-state index is 13.3. The molecule has 0 fully saturated rings. The minimum absolute atomic E-state index is 0.0146. The Morgan fingerprint density at radius 2 is 1.35 bits per heavy atom. The first-order valence-electron chi connectivity index (χ1n) is 11.2. The molecule has 37 heavy (non-hydrogen) atoms. The average Bonchev–Trinajstić information content (AvgIpc) is 3.17. The monoisotopic (exact) mass is 529 g/mol. The SMILES string of the molecule is O=C(O[C@H](C(=O)c1ccccc1)c1ccc(Cl)cc1)c1ccc2c(c1)C(=O)N(c1ccccc1Cl)C2=O. The molecule has 182 valence electrons. The van der Waals surface area contributed by atoms with Crippen molar-refractivity contribution in [3.8, 4) is 0 Å². The molecule has 6 nitrogen and oxygen atoms in total. The molecule has 0 N–H and O–H groups in total. The number of amides is 2. The fourth-order valence-electron chi connectivity index (χ4n) is 4.06. The van der Waals surface area contributed by atoms with Crippen LogP contribution in [-0.4, -0.2) is 23.6 Å². The first-order valence-corrected chi connectivity index (χ1v) is 11.9. The molecular formula is C29H17Cl2NO5. The first kappa shape index (κ1) is 24.4. The zero-order chi connectivity index (χ0) is 26.1. The zero-order valence-corrected chi connectivity index (χ0v) is 20.6. The van der Waals surface area contributed by atoms with Crippen LogP contribution in [0.5, 0.6) is 0 Å². The highest BCUT2D eigenvalue weighted by Crippen LogP contribution is 2.34. The van der Waals surface area contributed by atoms with Gasteiger partial charge in [0.05, 0.1) is 27.4 Å². The molecule has 1 heterocycles. The maximum Gasteiger partial charge on any atom is 0.339 e. The molecule has 1 aliphatic rings. The van der Waals surface area contributed by atoms with Crippen LogP contribution < -0.4 is 4.90 Å². The summed E-state index contributed by atoms with van der Waals surface area (Å²) in [4.78, 5) is 53.5. The topological polar surface area (TPSA) is 80.8 Å². The normalized spacial score (nSPS) is 13.3. The number of hydrogen-bond acceptors (Lipinski definition) is 5. The summed E-state index contributed by atoms with van der Waals surface area (Å²) in [6, 6.07) is 25.4. The van der Waals surface area contributed by atoms with Crippen LogP contribution in [0.2, 0.25) is 10.0 Å². The molecule has 4 aromatic carbocycles. The summed E-state index contributed by atoms with van der Waals surface area (Å²) < 4.78 is 5.67. The molecule has 0 saturated carbocycles. The van der Waals surface area contributed by atoms with E-state index < -0.39 is 29.7 Å². The van der Waals surface area contributed by atoms with E-state index in [9.17, 15) is 19.2 Å². The Morgan fingerprint density at radius 3 is 2.05 bits per heavy atom. The van der Waals surface area contributed by atoms with Crippen LogP contribution in [0, 0.1) is 0 Å². The summed E-state index contributed by atoms with van der Waals surface area (Å²) >= 11 is 12.2. The van der Waals surface area contributed by atoms with Gasteiger partial charge in [-0.15, -0.1) is 0 Å². The van der Waals surface area contributed by atoms with Gasteiger partial charge in [-0.05, 0) is 42.5 Å². The summed E-state index contributed by atoms with van der Waals surface area (Å²) in [5.41, 5.74) is 1.23. The predicted molar refractivity (Wildman–Crippen MR) is 139 cm³/mol. The van der Waals surface area contributed by atoms with Crippen LogP contribution in [0.3, 0.4) is 0 Å². The van der Waals surface area contributed by atoms with E-state index in [2.05, 4.69) is 0 Å². The summed E-state index contributed by atoms with van der Waals surface area (Å²) in [5.74, 6) is -2.42. The largest absolute Gasteiger partial charge is 0.445 e. The van der Waals surface area contributed by atoms with Gasteiger partial charge >= 0.3 is 5.97 Å². The van der Waals surface area contributed by atoms with Gasteiger partial charge in [0.15, 0.2) is 6.10 Å². The lowest BCUT2D eigenvalue weighted by molar-refractivity contribution is 0.0280. The van der Waals surface area contributed by atoms with E-state index in [4.69, 9.17) is 27.9 Å². The second-order valence-corrected chi connectivity index (χ2v) is 9.07. The fourth-order valence-corrected chi connectivity index (χ4v) is 4.41. The molecule has 8 heteroatoms. The van der Waals surface area contributed by atoms with Crippen LogP contribution in [0.4, 0.5) is 5.69 Å². The summed E-state index contributed by atoms with van der Waals surface area (Å²) in [6.07, 6.45) is -1.25. The highest BCUT2D eigenvalue weighted by atomic mass is 35.5. The molecule has 0 unspecified atom stereocenters. The van der Waals surface area contributed by atoms with Gasteiger partial charge in [0, 0.05) is 16.1 Å². The summed E-state index contributed by atoms with van der Waals surface area (Å²) in [6.45, 7) is 0. The zero-order valence-electron chi connectivity index (χ0n) is 19.1. The molecule has 1 aliphatic heterocycles. The third-order valence-electron chi connectivity index (χ3n) is 5.91. The Bertz CT molecular complexity index is 1550. The Hall–Kier alpha value is -4.26. The van der Waals surface area contributed by atoms with Crippen molar-refractivity contribution in [3.63, 3.8) is 0 Å². The summed E-state index contributed by atoms with van der Waals surface area (Å²) in [7, 11) is 0. The second kappa shape index (κ2) is 10.0. The molecule has 2 amide bonds. The van der Waals surface area contributed by atoms with E-state index >= 15 is 0 Å². The van der Waals surface area contributed by atoms with Crippen LogP contribution in [0.1, 0.15) is 53.1 Å². The van der Waals surface area contributed by atoms with Gasteiger partial charge in [0.2, 0.25) is 5.78 Å². The first-order chi connectivity index (χ1) is 17.8. The van der Waals surface area contributed by atoms with Crippen molar-refractivity contribution in [2.45, 2.75) is 6.10 Å². The van der Waals surface area contributed by atoms with Gasteiger partial charge in [-0.3, -0.25) is 14.4 Å². The third-order valence-corrected chi connectivity index (χ3v) is 6.48. The van der Waals surface area contributed by atoms with E-state index in [-0.39, 0.29) is 27.4 Å². The number of hydrogen-bond donors (Lipinski definition) is 0. The Balaban J connectivity index is 1.46. The van der Waals surface area contributed by atoms with Gasteiger partial charge in [-0.25, -0.2) is 9.69 Å². The number of imide groups is 1. The van der Waals surface area contributed by atoms with Crippen molar-refractivity contribution in [1.29, 1.82) is 0 Å². The number of fused-ring (bicyclic) bond motifs is 1. The Labute approximate surface area is 222 Å². The molecule has 0 radical (unpaired) electrons. The molecule has 1 atom stereocenters. The maximum absolute atomic E-state index is 13.3. The minimum Gasteiger partial charge on any atom is -0.445 e. The molecule has 0 saturated heterocycles. The third kappa shape index (κ3) is 4.65. The standard InChI is InChI=1S/C29H17Cl2NO5/c30-20-13-10-18(11-14-20)26(25(33)17-6-2-1-3-7-17)37-29(36)19-12-15-21-22(16-19)28(35)32(27(21)34)24-9-5-4-8-23(24)31/h1-16,26H/t26-/m0/s1. The summed E-state index contributed by atoms with van der Waals surface area (Å²) in [5, 5.41) is 0.702. The number of nitrogens with zero attached hydrogens (tertiary/aromatic N) is 1. The van der Waals surface area contributed by atoms with E-state index in [1.807, 2.05) is 0 Å². The fraction of sp³-hybridized carbons (Fsp3) is 0.0345. The highest BCUT2D eigenvalue weighted by Gasteiger charge is 2.38. The lowest BCUT2D eigenvalue weighted by atomic mass is 9.99. The van der Waals surface area contributed by atoms with Gasteiger partial charge < -0.3 is 4.74 Å². The lowest BCUT2D eigenvalue weighted by Gasteiger charge is -2.18. The number of benzene rings is 4. The molecule has 0 bridgehead atoms. The van der Waals surface area contributed by atoms with Gasteiger partial charge in [0.1, 0.15) is 0 Å². The number of esters is 1. The molecule has 0 aromatic heterocycles. The van der Waals surface area contributed by atoms with Crippen LogP contribution >= 0.6 is 23.2 Å². The van der Waals surface area contributed by atoms with E-state index in [1.165, 1.54) is 18.2 Å². The number of Topliss-reactive ketones (excluding diaryl/α,β-unsaturated/α-hetero) is 1. The van der Waals surface area contributed by atoms with E-state index in [0.29, 0.717) is 16.1 Å².